The molecule has 0 spiro atoms. The number of ketones is 1. The van der Waals surface area contributed by atoms with Gasteiger partial charge in [-0.1, -0.05) is 67.6 Å². The Hall–Kier alpha value is -4.56. The molecular weight excluding hydrogens is 470 g/mol. The van der Waals surface area contributed by atoms with Crippen LogP contribution in [0.2, 0.25) is 0 Å². The van der Waals surface area contributed by atoms with E-state index in [1.165, 1.54) is 0 Å². The minimum Gasteiger partial charge on any atom is -0.508 e. The van der Waals surface area contributed by atoms with E-state index in [4.69, 9.17) is 9.97 Å². The highest BCUT2D eigenvalue weighted by molar-refractivity contribution is 6.02. The van der Waals surface area contributed by atoms with Crippen molar-refractivity contribution < 1.29 is 9.90 Å². The summed E-state index contributed by atoms with van der Waals surface area (Å²) in [6.07, 6.45) is 3.43. The van der Waals surface area contributed by atoms with Crippen LogP contribution in [-0.4, -0.2) is 20.9 Å². The molecule has 0 amide bonds. The molecule has 2 aliphatic rings. The van der Waals surface area contributed by atoms with Crippen LogP contribution in [0.15, 0.2) is 90.5 Å². The SMILES string of the molecule is Cc1nc(-c2cccc(-c3ccc(O)cc3)c2)c2c(n1)[C@@]1(c3ccccc3)C=C(C#N)C(=O)[C@@H](C)[C@@H]1CC2. The lowest BCUT2D eigenvalue weighted by Gasteiger charge is -2.48. The highest BCUT2D eigenvalue weighted by atomic mass is 16.3. The number of allylic oxidation sites excluding steroid dienone is 2. The summed E-state index contributed by atoms with van der Waals surface area (Å²) in [4.78, 5) is 23.1. The summed E-state index contributed by atoms with van der Waals surface area (Å²) in [6, 6.07) is 27.8. The fraction of sp³-hybridized carbons (Fsp3) is 0.212. The van der Waals surface area contributed by atoms with Gasteiger partial charge in [0.15, 0.2) is 5.78 Å². The first kappa shape index (κ1) is 23.8. The van der Waals surface area contributed by atoms with Crippen molar-refractivity contribution in [1.82, 2.24) is 9.97 Å². The number of Topliss-reactive ketones (excluding diaryl/α,β-unsaturated/α-hetero) is 1. The molecule has 1 heterocycles. The van der Waals surface area contributed by atoms with Gasteiger partial charge in [0.25, 0.3) is 0 Å². The van der Waals surface area contributed by atoms with E-state index in [2.05, 4.69) is 30.3 Å². The summed E-state index contributed by atoms with van der Waals surface area (Å²) in [5.41, 5.74) is 6.43. The minimum absolute atomic E-state index is 0.00696. The Morgan fingerprint density at radius 3 is 2.42 bits per heavy atom. The van der Waals surface area contributed by atoms with Crippen LogP contribution in [0, 0.1) is 30.1 Å². The van der Waals surface area contributed by atoms with Gasteiger partial charge in [-0.05, 0) is 66.6 Å². The molecule has 3 aromatic carbocycles. The number of nitriles is 1. The molecule has 2 aliphatic carbocycles. The number of aromatic nitrogens is 2. The number of carbonyl (C=O) groups excluding carboxylic acids is 1. The molecule has 38 heavy (non-hydrogen) atoms. The molecule has 4 aromatic rings. The van der Waals surface area contributed by atoms with Crippen LogP contribution in [0.5, 0.6) is 5.75 Å². The van der Waals surface area contributed by atoms with E-state index >= 15 is 0 Å². The molecule has 0 fully saturated rings. The Kier molecular flexibility index (Phi) is 5.69. The molecule has 0 aliphatic heterocycles. The van der Waals surface area contributed by atoms with Gasteiger partial charge in [-0.15, -0.1) is 0 Å². The predicted molar refractivity (Wildman–Crippen MR) is 146 cm³/mol. The number of fused-ring (bicyclic) bond motifs is 3. The Morgan fingerprint density at radius 1 is 0.947 bits per heavy atom. The third-order valence-corrected chi connectivity index (χ3v) is 8.16. The number of phenolic OH excluding ortho intramolecular Hbond substituents is 1. The first-order valence-corrected chi connectivity index (χ1v) is 12.9. The van der Waals surface area contributed by atoms with Crippen molar-refractivity contribution in [2.75, 3.05) is 0 Å². The molecule has 5 heteroatoms. The highest BCUT2D eigenvalue weighted by Gasteiger charge is 2.53. The lowest BCUT2D eigenvalue weighted by atomic mass is 9.54. The molecule has 3 atom stereocenters. The Bertz CT molecular complexity index is 1630. The summed E-state index contributed by atoms with van der Waals surface area (Å²) in [5, 5.41) is 19.7. The molecule has 186 valence electrons. The summed E-state index contributed by atoms with van der Waals surface area (Å²) < 4.78 is 0. The molecule has 0 saturated carbocycles. The van der Waals surface area contributed by atoms with E-state index in [0.29, 0.717) is 5.82 Å². The van der Waals surface area contributed by atoms with Crippen LogP contribution in [0.4, 0.5) is 0 Å². The lowest BCUT2D eigenvalue weighted by Crippen LogP contribution is -2.48. The van der Waals surface area contributed by atoms with Gasteiger partial charge in [-0.2, -0.15) is 5.26 Å². The van der Waals surface area contributed by atoms with E-state index in [1.54, 1.807) is 12.1 Å². The van der Waals surface area contributed by atoms with Crippen molar-refractivity contribution in [3.05, 3.63) is 113 Å². The van der Waals surface area contributed by atoms with E-state index in [0.717, 1.165) is 52.0 Å². The molecule has 5 nitrogen and oxygen atoms in total. The maximum Gasteiger partial charge on any atom is 0.176 e. The number of rotatable bonds is 3. The van der Waals surface area contributed by atoms with Crippen LogP contribution in [0.1, 0.15) is 36.0 Å². The van der Waals surface area contributed by atoms with E-state index in [-0.39, 0.29) is 28.9 Å². The molecule has 1 aromatic heterocycles. The molecule has 0 bridgehead atoms. The quantitative estimate of drug-likeness (QED) is 0.357. The van der Waals surface area contributed by atoms with Crippen LogP contribution in [0.3, 0.4) is 0 Å². The van der Waals surface area contributed by atoms with Gasteiger partial charge in [-0.25, -0.2) is 9.97 Å². The third-order valence-electron chi connectivity index (χ3n) is 8.16. The maximum atomic E-state index is 13.1. The number of phenols is 1. The summed E-state index contributed by atoms with van der Waals surface area (Å²) in [5.74, 6) is 0.504. The lowest BCUT2D eigenvalue weighted by molar-refractivity contribution is -0.121. The normalized spacial score (nSPS) is 22.1. The number of carbonyl (C=O) groups is 1. The first-order chi connectivity index (χ1) is 18.4. The number of aromatic hydroxyl groups is 1. The fourth-order valence-electron chi connectivity index (χ4n) is 6.40. The number of hydrogen-bond donors (Lipinski definition) is 1. The average molecular weight is 498 g/mol. The first-order valence-electron chi connectivity index (χ1n) is 12.9. The minimum atomic E-state index is -0.690. The molecule has 1 N–H and O–H groups in total. The second-order valence-electron chi connectivity index (χ2n) is 10.3. The second kappa shape index (κ2) is 9.08. The number of benzene rings is 3. The monoisotopic (exact) mass is 497 g/mol. The van der Waals surface area contributed by atoms with Gasteiger partial charge < -0.3 is 5.11 Å². The predicted octanol–water partition coefficient (Wildman–Crippen LogP) is 6.34. The van der Waals surface area contributed by atoms with Gasteiger partial charge in [0.2, 0.25) is 0 Å². The largest absolute Gasteiger partial charge is 0.508 e. The zero-order chi connectivity index (χ0) is 26.4. The van der Waals surface area contributed by atoms with Gasteiger partial charge in [0.1, 0.15) is 17.6 Å². The number of aryl methyl sites for hydroxylation is 1. The fourth-order valence-corrected chi connectivity index (χ4v) is 6.40. The Balaban J connectivity index is 1.61. The van der Waals surface area contributed by atoms with Gasteiger partial charge in [0, 0.05) is 17.0 Å². The average Bonchev–Trinajstić information content (AvgIpc) is 2.95. The van der Waals surface area contributed by atoms with Crippen LogP contribution < -0.4 is 0 Å². The summed E-state index contributed by atoms with van der Waals surface area (Å²) >= 11 is 0. The second-order valence-corrected chi connectivity index (χ2v) is 10.3. The topological polar surface area (TPSA) is 86.9 Å². The Morgan fingerprint density at radius 2 is 1.68 bits per heavy atom. The van der Waals surface area contributed by atoms with E-state index in [1.807, 2.05) is 62.4 Å². The smallest absolute Gasteiger partial charge is 0.176 e. The number of hydrogen-bond acceptors (Lipinski definition) is 5. The van der Waals surface area contributed by atoms with Crippen molar-refractivity contribution in [3.63, 3.8) is 0 Å². The van der Waals surface area contributed by atoms with Crippen molar-refractivity contribution in [1.29, 1.82) is 5.26 Å². The Labute approximate surface area is 222 Å². The summed E-state index contributed by atoms with van der Waals surface area (Å²) in [7, 11) is 0. The van der Waals surface area contributed by atoms with Crippen molar-refractivity contribution >= 4 is 5.78 Å². The molecular formula is C33H27N3O2. The molecule has 0 radical (unpaired) electrons. The van der Waals surface area contributed by atoms with Gasteiger partial charge >= 0.3 is 0 Å². The van der Waals surface area contributed by atoms with E-state index in [9.17, 15) is 15.2 Å². The van der Waals surface area contributed by atoms with Crippen molar-refractivity contribution in [3.8, 4) is 34.2 Å². The molecule has 0 saturated heterocycles. The van der Waals surface area contributed by atoms with Crippen molar-refractivity contribution in [2.24, 2.45) is 11.8 Å². The molecule has 6 rings (SSSR count). The molecule has 0 unspecified atom stereocenters. The zero-order valence-corrected chi connectivity index (χ0v) is 21.3. The van der Waals surface area contributed by atoms with Gasteiger partial charge in [0.05, 0.1) is 22.4 Å². The van der Waals surface area contributed by atoms with Crippen LogP contribution in [0.25, 0.3) is 22.4 Å². The maximum absolute atomic E-state index is 13.1. The summed E-state index contributed by atoms with van der Waals surface area (Å²) in [6.45, 7) is 3.86. The van der Waals surface area contributed by atoms with Crippen molar-refractivity contribution in [2.45, 2.75) is 32.1 Å². The van der Waals surface area contributed by atoms with E-state index < -0.39 is 5.41 Å². The third kappa shape index (κ3) is 3.64. The van der Waals surface area contributed by atoms with Crippen LogP contribution >= 0.6 is 0 Å². The van der Waals surface area contributed by atoms with Crippen LogP contribution in [-0.2, 0) is 16.6 Å². The van der Waals surface area contributed by atoms with Gasteiger partial charge in [-0.3, -0.25) is 4.79 Å². The number of nitrogens with zero attached hydrogens (tertiary/aromatic N) is 3. The highest BCUT2D eigenvalue weighted by Crippen LogP contribution is 2.54. The zero-order valence-electron chi connectivity index (χ0n) is 21.3. The standard InChI is InChI=1S/C33H27N3O2/c1-20-29-16-15-28-30(24-8-6-7-23(17-24)22-11-13-27(37)14-12-22)35-21(2)36-32(28)33(29,18-25(19-34)31(20)38)26-9-4-3-5-10-26/h3-14,17-18,20,29,37H,15-16H2,1-2H3/t20-,29-,33+/m0/s1.